The van der Waals surface area contributed by atoms with E-state index in [2.05, 4.69) is 0 Å². The van der Waals surface area contributed by atoms with Crippen LogP contribution in [0.25, 0.3) is 0 Å². The summed E-state index contributed by atoms with van der Waals surface area (Å²) in [7, 11) is 0. The molecule has 0 bridgehead atoms. The van der Waals surface area contributed by atoms with Crippen LogP contribution in [0.2, 0.25) is 5.02 Å². The first-order chi connectivity index (χ1) is 7.58. The van der Waals surface area contributed by atoms with Gasteiger partial charge in [-0.1, -0.05) is 11.6 Å². The smallest absolute Gasteiger partial charge is 0.308 e. The van der Waals surface area contributed by atoms with Crippen LogP contribution in [0.15, 0.2) is 12.1 Å². The second-order valence-corrected chi connectivity index (χ2v) is 3.33. The maximum Gasteiger partial charge on any atom is 0.308 e. The van der Waals surface area contributed by atoms with E-state index in [1.165, 1.54) is 19.1 Å². The predicted molar refractivity (Wildman–Crippen MR) is 58.6 cm³/mol. The van der Waals surface area contributed by atoms with E-state index in [-0.39, 0.29) is 10.8 Å². The Labute approximate surface area is 98.3 Å². The minimum Gasteiger partial charge on any atom is -0.490 e. The molecule has 1 rings (SSSR count). The van der Waals surface area contributed by atoms with E-state index < -0.39 is 5.97 Å². The van der Waals surface area contributed by atoms with Crippen LogP contribution < -0.4 is 9.47 Å². The lowest BCUT2D eigenvalue weighted by atomic mass is 10.2. The number of carbonyl (C=O) groups excluding carboxylic acids is 1. The third kappa shape index (κ3) is 2.88. The first-order valence-corrected chi connectivity index (χ1v) is 5.01. The lowest BCUT2D eigenvalue weighted by molar-refractivity contribution is -0.132. The molecule has 1 aromatic rings. The van der Waals surface area contributed by atoms with Gasteiger partial charge >= 0.3 is 5.97 Å². The Balaban J connectivity index is 3.23. The molecule has 0 atom stereocenters. The molecular weight excluding hydrogens is 230 g/mol. The van der Waals surface area contributed by atoms with Gasteiger partial charge in [0, 0.05) is 13.0 Å². The number of rotatable bonds is 3. The van der Waals surface area contributed by atoms with Gasteiger partial charge in [-0.15, -0.1) is 0 Å². The third-order valence-electron chi connectivity index (χ3n) is 1.68. The van der Waals surface area contributed by atoms with Crippen LogP contribution in [-0.4, -0.2) is 12.6 Å². The largest absolute Gasteiger partial charge is 0.490 e. The standard InChI is InChI=1S/C11H10ClNO3/c1-3-15-10-5-8(6-13)4-9(12)11(10)16-7(2)14/h4-5H,3H2,1-2H3. The maximum absolute atomic E-state index is 10.9. The number of benzene rings is 1. The van der Waals surface area contributed by atoms with Crippen molar-refractivity contribution >= 4 is 17.6 Å². The molecule has 0 radical (unpaired) electrons. The van der Waals surface area contributed by atoms with Crippen LogP contribution in [-0.2, 0) is 4.79 Å². The zero-order chi connectivity index (χ0) is 12.1. The van der Waals surface area contributed by atoms with Crippen molar-refractivity contribution in [2.24, 2.45) is 0 Å². The van der Waals surface area contributed by atoms with E-state index in [1.807, 2.05) is 6.07 Å². The molecular formula is C11H10ClNO3. The average molecular weight is 240 g/mol. The van der Waals surface area contributed by atoms with Gasteiger partial charge in [-0.2, -0.15) is 5.26 Å². The van der Waals surface area contributed by atoms with Crippen molar-refractivity contribution in [3.8, 4) is 17.6 Å². The summed E-state index contributed by atoms with van der Waals surface area (Å²) in [4.78, 5) is 10.9. The molecule has 4 nitrogen and oxygen atoms in total. The minimum absolute atomic E-state index is 0.148. The van der Waals surface area contributed by atoms with Crippen molar-refractivity contribution in [1.82, 2.24) is 0 Å². The highest BCUT2D eigenvalue weighted by atomic mass is 35.5. The monoisotopic (exact) mass is 239 g/mol. The van der Waals surface area contributed by atoms with Gasteiger partial charge in [0.25, 0.3) is 0 Å². The van der Waals surface area contributed by atoms with E-state index >= 15 is 0 Å². The highest BCUT2D eigenvalue weighted by molar-refractivity contribution is 6.32. The summed E-state index contributed by atoms with van der Waals surface area (Å²) in [5.74, 6) is -0.0515. The Morgan fingerprint density at radius 3 is 2.75 bits per heavy atom. The zero-order valence-corrected chi connectivity index (χ0v) is 9.67. The molecule has 0 unspecified atom stereocenters. The Morgan fingerprint density at radius 1 is 1.56 bits per heavy atom. The number of esters is 1. The fourth-order valence-corrected chi connectivity index (χ4v) is 1.39. The summed E-state index contributed by atoms with van der Waals surface area (Å²) < 4.78 is 10.2. The highest BCUT2D eigenvalue weighted by Crippen LogP contribution is 2.36. The normalized spacial score (nSPS) is 9.38. The van der Waals surface area contributed by atoms with E-state index in [0.29, 0.717) is 17.9 Å². The number of halogens is 1. The van der Waals surface area contributed by atoms with Crippen LogP contribution in [0.4, 0.5) is 0 Å². The van der Waals surface area contributed by atoms with Crippen LogP contribution in [0.3, 0.4) is 0 Å². The fourth-order valence-electron chi connectivity index (χ4n) is 1.14. The molecule has 0 N–H and O–H groups in total. The SMILES string of the molecule is CCOc1cc(C#N)cc(Cl)c1OC(C)=O. The maximum atomic E-state index is 10.9. The first kappa shape index (κ1) is 12.3. The molecule has 1 aromatic carbocycles. The number of hydrogen-bond acceptors (Lipinski definition) is 4. The van der Waals surface area contributed by atoms with Gasteiger partial charge in [0.05, 0.1) is 23.3 Å². The molecule has 0 aliphatic rings. The topological polar surface area (TPSA) is 59.3 Å². The molecule has 0 amide bonds. The van der Waals surface area contributed by atoms with Crippen LogP contribution >= 0.6 is 11.6 Å². The Kier molecular flexibility index (Phi) is 4.15. The summed E-state index contributed by atoms with van der Waals surface area (Å²) in [5.41, 5.74) is 0.351. The van der Waals surface area contributed by atoms with Crippen molar-refractivity contribution in [1.29, 1.82) is 5.26 Å². The van der Waals surface area contributed by atoms with Gasteiger partial charge < -0.3 is 9.47 Å². The molecule has 5 heteroatoms. The summed E-state index contributed by atoms with van der Waals surface area (Å²) >= 11 is 5.88. The number of nitrogens with zero attached hydrogens (tertiary/aromatic N) is 1. The number of ether oxygens (including phenoxy) is 2. The summed E-state index contributed by atoms with van der Waals surface area (Å²) in [5, 5.41) is 8.93. The number of carbonyl (C=O) groups is 1. The Hall–Kier alpha value is -1.73. The lowest BCUT2D eigenvalue weighted by Gasteiger charge is -2.11. The zero-order valence-electron chi connectivity index (χ0n) is 8.91. The van der Waals surface area contributed by atoms with Crippen molar-refractivity contribution in [3.05, 3.63) is 22.7 Å². The van der Waals surface area contributed by atoms with Crippen LogP contribution in [0.1, 0.15) is 19.4 Å². The molecule has 0 fully saturated rings. The van der Waals surface area contributed by atoms with Gasteiger partial charge in [-0.05, 0) is 13.0 Å². The van der Waals surface area contributed by atoms with Gasteiger partial charge in [0.2, 0.25) is 0 Å². The van der Waals surface area contributed by atoms with Gasteiger partial charge in [0.15, 0.2) is 11.5 Å². The molecule has 0 spiro atoms. The van der Waals surface area contributed by atoms with E-state index in [0.717, 1.165) is 0 Å². The van der Waals surface area contributed by atoms with Crippen molar-refractivity contribution < 1.29 is 14.3 Å². The summed E-state index contributed by atoms with van der Waals surface area (Å²) in [6.45, 7) is 3.44. The fraction of sp³-hybridized carbons (Fsp3) is 0.273. The molecule has 0 aliphatic heterocycles. The van der Waals surface area contributed by atoms with Crippen LogP contribution in [0.5, 0.6) is 11.5 Å². The van der Waals surface area contributed by atoms with Crippen molar-refractivity contribution in [2.45, 2.75) is 13.8 Å². The number of nitriles is 1. The highest BCUT2D eigenvalue weighted by Gasteiger charge is 2.14. The molecule has 0 aliphatic carbocycles. The molecule has 0 heterocycles. The molecule has 84 valence electrons. The first-order valence-electron chi connectivity index (χ1n) is 4.63. The van der Waals surface area contributed by atoms with Crippen molar-refractivity contribution in [3.63, 3.8) is 0 Å². The lowest BCUT2D eigenvalue weighted by Crippen LogP contribution is -2.05. The van der Waals surface area contributed by atoms with E-state index in [9.17, 15) is 4.79 Å². The third-order valence-corrected chi connectivity index (χ3v) is 1.97. The van der Waals surface area contributed by atoms with Gasteiger partial charge in [0.1, 0.15) is 0 Å². The average Bonchev–Trinajstić information content (AvgIpc) is 2.22. The Bertz CT molecular complexity index is 451. The van der Waals surface area contributed by atoms with Crippen molar-refractivity contribution in [2.75, 3.05) is 6.61 Å². The Morgan fingerprint density at radius 2 is 2.25 bits per heavy atom. The second-order valence-electron chi connectivity index (χ2n) is 2.92. The molecule has 0 aromatic heterocycles. The van der Waals surface area contributed by atoms with Gasteiger partial charge in [-0.3, -0.25) is 4.79 Å². The summed E-state index contributed by atoms with van der Waals surface area (Å²) in [6, 6.07) is 4.84. The van der Waals surface area contributed by atoms with E-state index in [4.69, 9.17) is 26.3 Å². The number of hydrogen-bond donors (Lipinski definition) is 0. The second kappa shape index (κ2) is 5.38. The minimum atomic E-state index is -0.493. The quantitative estimate of drug-likeness (QED) is 0.601. The molecule has 16 heavy (non-hydrogen) atoms. The molecule has 0 saturated carbocycles. The summed E-state index contributed by atoms with van der Waals surface area (Å²) in [6.07, 6.45) is 0. The van der Waals surface area contributed by atoms with Crippen LogP contribution in [0, 0.1) is 11.3 Å². The predicted octanol–water partition coefficient (Wildman–Crippen LogP) is 2.54. The van der Waals surface area contributed by atoms with E-state index in [1.54, 1.807) is 6.92 Å². The van der Waals surface area contributed by atoms with Gasteiger partial charge in [-0.25, -0.2) is 0 Å². The molecule has 0 saturated heterocycles.